The Kier molecular flexibility index (Phi) is 1.31. The molecule has 2 aliphatic rings. The smallest absolute Gasteiger partial charge is 0.0335 e. The van der Waals surface area contributed by atoms with Crippen molar-refractivity contribution in [1.29, 1.82) is 0 Å². The third kappa shape index (κ3) is 0.878. The Morgan fingerprint density at radius 2 is 1.70 bits per heavy atom. The molecule has 2 rings (SSSR count). The van der Waals surface area contributed by atoms with Gasteiger partial charge in [-0.2, -0.15) is 0 Å². The monoisotopic (exact) mass is 139 g/mol. The number of rotatable bonds is 0. The van der Waals surface area contributed by atoms with Gasteiger partial charge in [-0.05, 0) is 38.5 Å². The van der Waals surface area contributed by atoms with Gasteiger partial charge in [-0.25, -0.2) is 0 Å². The highest BCUT2D eigenvalue weighted by molar-refractivity contribution is 5.13. The van der Waals surface area contributed by atoms with Gasteiger partial charge in [0.2, 0.25) is 0 Å². The van der Waals surface area contributed by atoms with E-state index in [1.807, 2.05) is 0 Å². The summed E-state index contributed by atoms with van der Waals surface area (Å²) in [4.78, 5) is 0. The predicted octanol–water partition coefficient (Wildman–Crippen LogP) is 1.93. The van der Waals surface area contributed by atoms with Crippen molar-refractivity contribution in [3.8, 4) is 0 Å². The lowest BCUT2D eigenvalue weighted by molar-refractivity contribution is 0.320. The second-order valence-corrected chi connectivity index (χ2v) is 4.20. The van der Waals surface area contributed by atoms with Crippen LogP contribution < -0.4 is 5.32 Å². The minimum absolute atomic E-state index is 0.618. The van der Waals surface area contributed by atoms with Crippen LogP contribution in [-0.4, -0.2) is 11.6 Å². The molecule has 1 heterocycles. The summed E-state index contributed by atoms with van der Waals surface area (Å²) in [6.45, 7) is 4.69. The van der Waals surface area contributed by atoms with Crippen molar-refractivity contribution < 1.29 is 0 Å². The van der Waals surface area contributed by atoms with E-state index in [9.17, 15) is 0 Å². The molecular weight excluding hydrogens is 122 g/mol. The van der Waals surface area contributed by atoms with E-state index in [-0.39, 0.29) is 0 Å². The van der Waals surface area contributed by atoms with Gasteiger partial charge in [0.1, 0.15) is 0 Å². The Labute approximate surface area is 63.2 Å². The standard InChI is InChI=1S/C9H17N/c1-7-3-5-9(6-4-7)8(2)10-9/h7-8,10H,3-6H2,1-2H3/t7?,8-,9?/m1/s1. The molecule has 0 aromatic heterocycles. The molecule has 1 nitrogen and oxygen atoms in total. The zero-order chi connectivity index (χ0) is 7.19. The fourth-order valence-electron chi connectivity index (χ4n) is 2.24. The quantitative estimate of drug-likeness (QED) is 0.509. The minimum Gasteiger partial charge on any atom is -0.305 e. The van der Waals surface area contributed by atoms with Crippen molar-refractivity contribution in [1.82, 2.24) is 5.32 Å². The Morgan fingerprint density at radius 3 is 2.10 bits per heavy atom. The predicted molar refractivity (Wildman–Crippen MR) is 43.0 cm³/mol. The van der Waals surface area contributed by atoms with Gasteiger partial charge < -0.3 is 5.32 Å². The molecule has 0 aromatic rings. The number of nitrogens with one attached hydrogen (secondary N) is 1. The molecule has 1 aliphatic heterocycles. The summed E-state index contributed by atoms with van der Waals surface area (Å²) >= 11 is 0. The molecular formula is C9H17N. The van der Waals surface area contributed by atoms with Crippen LogP contribution >= 0.6 is 0 Å². The van der Waals surface area contributed by atoms with Crippen LogP contribution in [0, 0.1) is 5.92 Å². The summed E-state index contributed by atoms with van der Waals surface area (Å²) in [5.41, 5.74) is 0.618. The Bertz CT molecular complexity index is 134. The largest absolute Gasteiger partial charge is 0.305 e. The molecule has 0 aromatic carbocycles. The molecule has 1 atom stereocenters. The zero-order valence-electron chi connectivity index (χ0n) is 6.98. The first-order valence-corrected chi connectivity index (χ1v) is 4.51. The molecule has 1 heteroatoms. The Hall–Kier alpha value is -0.0400. The summed E-state index contributed by atoms with van der Waals surface area (Å²) in [6.07, 6.45) is 5.74. The van der Waals surface area contributed by atoms with E-state index in [1.165, 1.54) is 25.7 Å². The Balaban J connectivity index is 1.93. The molecule has 1 N–H and O–H groups in total. The first-order valence-electron chi connectivity index (χ1n) is 4.51. The molecule has 1 aliphatic carbocycles. The van der Waals surface area contributed by atoms with E-state index < -0.39 is 0 Å². The van der Waals surface area contributed by atoms with E-state index in [0.29, 0.717) is 5.54 Å². The lowest BCUT2D eigenvalue weighted by atomic mass is 9.81. The first kappa shape index (κ1) is 6.66. The average Bonchev–Trinajstić information content (AvgIpc) is 2.53. The van der Waals surface area contributed by atoms with Crippen molar-refractivity contribution in [2.45, 2.75) is 51.1 Å². The third-order valence-electron chi connectivity index (χ3n) is 3.42. The van der Waals surface area contributed by atoms with Crippen molar-refractivity contribution in [2.75, 3.05) is 0 Å². The van der Waals surface area contributed by atoms with Crippen molar-refractivity contribution in [3.05, 3.63) is 0 Å². The second-order valence-electron chi connectivity index (χ2n) is 4.20. The SMILES string of the molecule is CC1CCC2(CC1)N[C@@H]2C. The van der Waals surface area contributed by atoms with Crippen LogP contribution in [0.4, 0.5) is 0 Å². The summed E-state index contributed by atoms with van der Waals surface area (Å²) < 4.78 is 0. The molecule has 0 unspecified atom stereocenters. The van der Waals surface area contributed by atoms with Crippen molar-refractivity contribution in [2.24, 2.45) is 5.92 Å². The van der Waals surface area contributed by atoms with Crippen LogP contribution in [0.15, 0.2) is 0 Å². The van der Waals surface area contributed by atoms with Crippen molar-refractivity contribution in [3.63, 3.8) is 0 Å². The van der Waals surface area contributed by atoms with Crippen LogP contribution in [0.2, 0.25) is 0 Å². The maximum atomic E-state index is 3.57. The van der Waals surface area contributed by atoms with Crippen LogP contribution in [-0.2, 0) is 0 Å². The summed E-state index contributed by atoms with van der Waals surface area (Å²) in [5.74, 6) is 0.986. The van der Waals surface area contributed by atoms with Crippen LogP contribution in [0.1, 0.15) is 39.5 Å². The van der Waals surface area contributed by atoms with Gasteiger partial charge in [-0.1, -0.05) is 6.92 Å². The molecule has 1 saturated heterocycles. The fourth-order valence-corrected chi connectivity index (χ4v) is 2.24. The highest BCUT2D eigenvalue weighted by atomic mass is 15.2. The molecule has 58 valence electrons. The lowest BCUT2D eigenvalue weighted by Gasteiger charge is -2.25. The molecule has 0 radical (unpaired) electrons. The fraction of sp³-hybridized carbons (Fsp3) is 1.00. The molecule has 0 bridgehead atoms. The maximum Gasteiger partial charge on any atom is 0.0335 e. The highest BCUT2D eigenvalue weighted by Gasteiger charge is 2.50. The number of hydrogen-bond donors (Lipinski definition) is 1. The van der Waals surface area contributed by atoms with E-state index in [4.69, 9.17) is 0 Å². The van der Waals surface area contributed by atoms with Gasteiger partial charge in [-0.3, -0.25) is 0 Å². The Morgan fingerprint density at radius 1 is 1.20 bits per heavy atom. The van der Waals surface area contributed by atoms with E-state index in [1.54, 1.807) is 0 Å². The van der Waals surface area contributed by atoms with Gasteiger partial charge in [0.05, 0.1) is 0 Å². The molecule has 2 fully saturated rings. The van der Waals surface area contributed by atoms with Gasteiger partial charge >= 0.3 is 0 Å². The molecule has 1 saturated carbocycles. The summed E-state index contributed by atoms with van der Waals surface area (Å²) in [7, 11) is 0. The van der Waals surface area contributed by atoms with E-state index >= 15 is 0 Å². The summed E-state index contributed by atoms with van der Waals surface area (Å²) in [6, 6.07) is 0.819. The van der Waals surface area contributed by atoms with Gasteiger partial charge in [0.15, 0.2) is 0 Å². The zero-order valence-corrected chi connectivity index (χ0v) is 6.98. The topological polar surface area (TPSA) is 21.9 Å². The van der Waals surface area contributed by atoms with Gasteiger partial charge in [0, 0.05) is 11.6 Å². The minimum atomic E-state index is 0.618. The lowest BCUT2D eigenvalue weighted by Crippen LogP contribution is -2.23. The third-order valence-corrected chi connectivity index (χ3v) is 3.42. The summed E-state index contributed by atoms with van der Waals surface area (Å²) in [5, 5.41) is 3.57. The average molecular weight is 139 g/mol. The molecule has 10 heavy (non-hydrogen) atoms. The normalized spacial score (nSPS) is 53.4. The second kappa shape index (κ2) is 1.97. The van der Waals surface area contributed by atoms with Crippen LogP contribution in [0.3, 0.4) is 0 Å². The first-order chi connectivity index (χ1) is 4.73. The number of hydrogen-bond acceptors (Lipinski definition) is 1. The van der Waals surface area contributed by atoms with Gasteiger partial charge in [0.25, 0.3) is 0 Å². The van der Waals surface area contributed by atoms with Crippen molar-refractivity contribution >= 4 is 0 Å². The van der Waals surface area contributed by atoms with E-state index in [0.717, 1.165) is 12.0 Å². The van der Waals surface area contributed by atoms with E-state index in [2.05, 4.69) is 19.2 Å². The highest BCUT2D eigenvalue weighted by Crippen LogP contribution is 2.42. The molecule has 0 amide bonds. The maximum absolute atomic E-state index is 3.57. The van der Waals surface area contributed by atoms with Crippen LogP contribution in [0.25, 0.3) is 0 Å². The van der Waals surface area contributed by atoms with Crippen LogP contribution in [0.5, 0.6) is 0 Å². The van der Waals surface area contributed by atoms with Gasteiger partial charge in [-0.15, -0.1) is 0 Å². The molecule has 1 spiro atoms.